The van der Waals surface area contributed by atoms with Crippen molar-refractivity contribution in [2.45, 2.75) is 0 Å². The molecule has 0 aromatic heterocycles. The standard InChI is InChI=1S/C15H13NO2/c1-11(12-7-3-2-4-8-12)13-9-5-6-10-14(13)16-15(17)18/h2-10,16H,1H2,(H,17,18)/p-1. The molecular formula is C15H12NO2-. The molecule has 0 saturated heterocycles. The lowest BCUT2D eigenvalue weighted by Gasteiger charge is -2.14. The van der Waals surface area contributed by atoms with Crippen molar-refractivity contribution in [2.75, 3.05) is 5.32 Å². The molecule has 0 bridgehead atoms. The van der Waals surface area contributed by atoms with Crippen LogP contribution in [0.5, 0.6) is 0 Å². The number of rotatable bonds is 3. The first-order valence-corrected chi connectivity index (χ1v) is 5.50. The highest BCUT2D eigenvalue weighted by molar-refractivity contribution is 5.91. The lowest BCUT2D eigenvalue weighted by Crippen LogP contribution is -2.29. The Kier molecular flexibility index (Phi) is 3.44. The zero-order valence-electron chi connectivity index (χ0n) is 9.72. The van der Waals surface area contributed by atoms with Gasteiger partial charge in [-0.3, -0.25) is 0 Å². The number of anilines is 1. The van der Waals surface area contributed by atoms with Gasteiger partial charge < -0.3 is 15.2 Å². The Morgan fingerprint density at radius 2 is 1.61 bits per heavy atom. The average molecular weight is 238 g/mol. The highest BCUT2D eigenvalue weighted by Crippen LogP contribution is 2.27. The van der Waals surface area contributed by atoms with Crippen molar-refractivity contribution < 1.29 is 9.90 Å². The van der Waals surface area contributed by atoms with Gasteiger partial charge in [-0.25, -0.2) is 0 Å². The highest BCUT2D eigenvalue weighted by atomic mass is 16.4. The van der Waals surface area contributed by atoms with Gasteiger partial charge in [0.25, 0.3) is 0 Å². The van der Waals surface area contributed by atoms with E-state index in [-0.39, 0.29) is 0 Å². The summed E-state index contributed by atoms with van der Waals surface area (Å²) in [6.45, 7) is 4.01. The highest BCUT2D eigenvalue weighted by Gasteiger charge is 2.06. The van der Waals surface area contributed by atoms with E-state index in [1.165, 1.54) is 0 Å². The summed E-state index contributed by atoms with van der Waals surface area (Å²) in [5.41, 5.74) is 2.93. The van der Waals surface area contributed by atoms with Crippen molar-refractivity contribution in [1.29, 1.82) is 0 Å². The van der Waals surface area contributed by atoms with Crippen LogP contribution in [0.3, 0.4) is 0 Å². The van der Waals surface area contributed by atoms with Crippen LogP contribution in [-0.4, -0.2) is 6.09 Å². The number of nitrogens with one attached hydrogen (secondary N) is 1. The van der Waals surface area contributed by atoms with Crippen LogP contribution in [-0.2, 0) is 0 Å². The molecule has 0 aliphatic rings. The molecule has 0 radical (unpaired) electrons. The molecule has 0 fully saturated rings. The first-order valence-electron chi connectivity index (χ1n) is 5.50. The van der Waals surface area contributed by atoms with Crippen LogP contribution in [0.25, 0.3) is 5.57 Å². The Hall–Kier alpha value is -2.55. The Balaban J connectivity index is 2.39. The minimum absolute atomic E-state index is 0.478. The Bertz CT molecular complexity index is 576. The molecule has 18 heavy (non-hydrogen) atoms. The van der Waals surface area contributed by atoms with Gasteiger partial charge in [0.05, 0.1) is 0 Å². The largest absolute Gasteiger partial charge is 0.530 e. The van der Waals surface area contributed by atoms with Gasteiger partial charge in [-0.1, -0.05) is 55.1 Å². The van der Waals surface area contributed by atoms with Crippen LogP contribution in [0, 0.1) is 0 Å². The molecule has 0 saturated carbocycles. The summed E-state index contributed by atoms with van der Waals surface area (Å²) < 4.78 is 0. The molecule has 3 heteroatoms. The van der Waals surface area contributed by atoms with Gasteiger partial charge in [0.15, 0.2) is 0 Å². The van der Waals surface area contributed by atoms with E-state index in [2.05, 4.69) is 11.9 Å². The van der Waals surface area contributed by atoms with Crippen LogP contribution < -0.4 is 10.4 Å². The molecule has 0 aliphatic carbocycles. The van der Waals surface area contributed by atoms with Gasteiger partial charge in [-0.05, 0) is 17.2 Å². The average Bonchev–Trinajstić information content (AvgIpc) is 2.39. The molecule has 3 nitrogen and oxygen atoms in total. The molecule has 0 aliphatic heterocycles. The van der Waals surface area contributed by atoms with Gasteiger partial charge in [0.1, 0.15) is 6.09 Å². The molecule has 2 aromatic carbocycles. The monoisotopic (exact) mass is 238 g/mol. The summed E-state index contributed by atoms with van der Waals surface area (Å²) in [4.78, 5) is 10.6. The number of hydrogen-bond donors (Lipinski definition) is 1. The van der Waals surface area contributed by atoms with E-state index in [0.29, 0.717) is 5.69 Å². The van der Waals surface area contributed by atoms with Gasteiger partial charge in [0.2, 0.25) is 0 Å². The van der Waals surface area contributed by atoms with Gasteiger partial charge in [0, 0.05) is 11.3 Å². The van der Waals surface area contributed by atoms with Gasteiger partial charge >= 0.3 is 0 Å². The van der Waals surface area contributed by atoms with Crippen LogP contribution in [0.15, 0.2) is 61.2 Å². The number of amides is 1. The van der Waals surface area contributed by atoms with Crippen molar-refractivity contribution in [3.63, 3.8) is 0 Å². The number of carbonyl (C=O) groups is 1. The topological polar surface area (TPSA) is 52.2 Å². The van der Waals surface area contributed by atoms with Crippen molar-refractivity contribution in [2.24, 2.45) is 0 Å². The van der Waals surface area contributed by atoms with E-state index in [9.17, 15) is 9.90 Å². The molecule has 2 aromatic rings. The number of hydrogen-bond acceptors (Lipinski definition) is 2. The quantitative estimate of drug-likeness (QED) is 0.893. The molecule has 2 rings (SSSR count). The summed E-state index contributed by atoms with van der Waals surface area (Å²) in [7, 11) is 0. The van der Waals surface area contributed by atoms with E-state index in [1.807, 2.05) is 42.5 Å². The summed E-state index contributed by atoms with van der Waals surface area (Å²) in [6, 6.07) is 16.7. The van der Waals surface area contributed by atoms with Crippen molar-refractivity contribution in [3.8, 4) is 0 Å². The maximum Gasteiger partial charge on any atom is 0.138 e. The SMILES string of the molecule is C=C(c1ccccc1)c1ccccc1NC(=O)[O-]. The zero-order valence-corrected chi connectivity index (χ0v) is 9.72. The first kappa shape index (κ1) is 11.9. The van der Waals surface area contributed by atoms with E-state index in [4.69, 9.17) is 0 Å². The predicted octanol–water partition coefficient (Wildman–Crippen LogP) is 2.50. The normalized spacial score (nSPS) is 9.78. The Labute approximate surface area is 105 Å². The number of carbonyl (C=O) groups excluding carboxylic acids is 1. The molecule has 1 N–H and O–H groups in total. The maximum absolute atomic E-state index is 10.6. The van der Waals surface area contributed by atoms with Crippen molar-refractivity contribution in [1.82, 2.24) is 0 Å². The van der Waals surface area contributed by atoms with E-state index in [0.717, 1.165) is 16.7 Å². The summed E-state index contributed by atoms with van der Waals surface area (Å²) >= 11 is 0. The predicted molar refractivity (Wildman–Crippen MR) is 70.0 cm³/mol. The van der Waals surface area contributed by atoms with Crippen molar-refractivity contribution in [3.05, 3.63) is 72.3 Å². The second-order valence-electron chi connectivity index (χ2n) is 3.80. The fraction of sp³-hybridized carbons (Fsp3) is 0. The lowest BCUT2D eigenvalue weighted by atomic mass is 9.98. The first-order chi connectivity index (χ1) is 8.68. The van der Waals surface area contributed by atoms with Crippen molar-refractivity contribution >= 4 is 17.4 Å². The Morgan fingerprint density at radius 3 is 2.28 bits per heavy atom. The third-order valence-corrected chi connectivity index (χ3v) is 2.61. The third-order valence-electron chi connectivity index (χ3n) is 2.61. The second-order valence-corrected chi connectivity index (χ2v) is 3.80. The van der Waals surface area contributed by atoms with Gasteiger partial charge in [-0.15, -0.1) is 0 Å². The zero-order chi connectivity index (χ0) is 13.0. The minimum atomic E-state index is -1.33. The summed E-state index contributed by atoms with van der Waals surface area (Å²) in [5, 5.41) is 12.9. The molecule has 0 spiro atoms. The van der Waals surface area contributed by atoms with E-state index < -0.39 is 6.09 Å². The number of benzene rings is 2. The van der Waals surface area contributed by atoms with E-state index in [1.54, 1.807) is 12.1 Å². The maximum atomic E-state index is 10.6. The molecule has 1 amide bonds. The van der Waals surface area contributed by atoms with Crippen LogP contribution in [0.4, 0.5) is 10.5 Å². The number of para-hydroxylation sites is 1. The molecular weight excluding hydrogens is 226 g/mol. The van der Waals surface area contributed by atoms with Gasteiger partial charge in [-0.2, -0.15) is 0 Å². The fourth-order valence-electron chi connectivity index (χ4n) is 1.76. The van der Waals surface area contributed by atoms with E-state index >= 15 is 0 Å². The van der Waals surface area contributed by atoms with Crippen LogP contribution in [0.2, 0.25) is 0 Å². The number of carboxylic acid groups (broad SMARTS) is 1. The molecule has 0 heterocycles. The summed E-state index contributed by atoms with van der Waals surface area (Å²) in [6.07, 6.45) is -1.33. The summed E-state index contributed by atoms with van der Waals surface area (Å²) in [5.74, 6) is 0. The molecule has 0 atom stereocenters. The van der Waals surface area contributed by atoms with Crippen LogP contribution >= 0.6 is 0 Å². The Morgan fingerprint density at radius 1 is 1.00 bits per heavy atom. The van der Waals surface area contributed by atoms with Crippen LogP contribution in [0.1, 0.15) is 11.1 Å². The smallest absolute Gasteiger partial charge is 0.138 e. The fourth-order valence-corrected chi connectivity index (χ4v) is 1.76. The molecule has 90 valence electrons. The molecule has 0 unspecified atom stereocenters. The minimum Gasteiger partial charge on any atom is -0.530 e. The third kappa shape index (κ3) is 2.58. The lowest BCUT2D eigenvalue weighted by molar-refractivity contribution is -0.242. The second kappa shape index (κ2) is 5.19.